The van der Waals surface area contributed by atoms with Crippen LogP contribution in [0.4, 0.5) is 0 Å². The van der Waals surface area contributed by atoms with Crippen molar-refractivity contribution >= 4 is 0 Å². The van der Waals surface area contributed by atoms with Crippen molar-refractivity contribution in [3.8, 4) is 0 Å². The minimum atomic E-state index is -1.58. The Morgan fingerprint density at radius 3 is 2.56 bits per heavy atom. The van der Waals surface area contributed by atoms with Gasteiger partial charge in [0.1, 0.15) is 5.60 Å². The molecule has 3 aliphatic rings. The van der Waals surface area contributed by atoms with Gasteiger partial charge in [-0.25, -0.2) is 0 Å². The average molecular weight is 250 g/mol. The number of hydrogen-bond acceptors (Lipinski definition) is 4. The molecular formula is C14H18O4. The molecule has 3 aliphatic heterocycles. The molecule has 1 aromatic rings. The summed E-state index contributed by atoms with van der Waals surface area (Å²) in [5.74, 6) is -2.44. The lowest BCUT2D eigenvalue weighted by Gasteiger charge is -2.48. The van der Waals surface area contributed by atoms with Crippen molar-refractivity contribution in [3.63, 3.8) is 0 Å². The molecule has 2 unspecified atom stereocenters. The SMILES string of the molecule is Cc1ccc2c(c1)C1(O)OOC(C)(C2)OC1(C)C. The van der Waals surface area contributed by atoms with Gasteiger partial charge >= 0.3 is 0 Å². The number of fused-ring (bicyclic) bond motifs is 2. The van der Waals surface area contributed by atoms with Crippen molar-refractivity contribution in [1.82, 2.24) is 0 Å². The van der Waals surface area contributed by atoms with Gasteiger partial charge in [0.25, 0.3) is 5.79 Å². The smallest absolute Gasteiger partial charge is 0.254 e. The predicted octanol–water partition coefficient (Wildman–Crippen LogP) is 2.17. The quantitative estimate of drug-likeness (QED) is 0.717. The molecule has 3 heterocycles. The second-order valence-electron chi connectivity index (χ2n) is 5.89. The Balaban J connectivity index is 2.27. The lowest BCUT2D eigenvalue weighted by atomic mass is 9.87. The third kappa shape index (κ3) is 1.47. The maximum atomic E-state index is 10.8. The highest BCUT2D eigenvalue weighted by Gasteiger charge is 2.60. The molecule has 4 rings (SSSR count). The minimum absolute atomic E-state index is 0.550. The van der Waals surface area contributed by atoms with E-state index in [9.17, 15) is 5.11 Å². The summed E-state index contributed by atoms with van der Waals surface area (Å²) in [6.45, 7) is 7.43. The molecule has 1 fully saturated rings. The third-order valence-corrected chi connectivity index (χ3v) is 3.77. The fraction of sp³-hybridized carbons (Fsp3) is 0.571. The standard InChI is InChI=1S/C14H18O4/c1-9-5-6-10-8-13(4)16-12(2,3)14(15,18-17-13)11(10)7-9/h5-7,15H,8H2,1-4H3. The molecule has 0 saturated carbocycles. The van der Waals surface area contributed by atoms with Gasteiger partial charge < -0.3 is 9.84 Å². The van der Waals surface area contributed by atoms with Crippen LogP contribution in [0.1, 0.15) is 37.5 Å². The Morgan fingerprint density at radius 1 is 1.17 bits per heavy atom. The van der Waals surface area contributed by atoms with Gasteiger partial charge in [0.05, 0.1) is 0 Å². The first-order valence-electron chi connectivity index (χ1n) is 6.15. The zero-order valence-corrected chi connectivity index (χ0v) is 11.1. The van der Waals surface area contributed by atoms with Gasteiger partial charge in [-0.2, -0.15) is 9.78 Å². The Morgan fingerprint density at radius 2 is 1.89 bits per heavy atom. The van der Waals surface area contributed by atoms with Crippen molar-refractivity contribution in [3.05, 3.63) is 34.9 Å². The summed E-state index contributed by atoms with van der Waals surface area (Å²) in [7, 11) is 0. The topological polar surface area (TPSA) is 47.9 Å². The maximum Gasteiger partial charge on any atom is 0.254 e. The zero-order valence-electron chi connectivity index (χ0n) is 11.1. The summed E-state index contributed by atoms with van der Waals surface area (Å²) in [4.78, 5) is 10.6. The molecule has 1 N–H and O–H groups in total. The summed E-state index contributed by atoms with van der Waals surface area (Å²) in [5.41, 5.74) is 1.92. The number of aryl methyl sites for hydroxylation is 1. The van der Waals surface area contributed by atoms with E-state index in [2.05, 4.69) is 0 Å². The van der Waals surface area contributed by atoms with Gasteiger partial charge in [-0.05, 0) is 33.3 Å². The highest BCUT2D eigenvalue weighted by Crippen LogP contribution is 2.50. The number of ether oxygens (including phenoxy) is 1. The second-order valence-corrected chi connectivity index (χ2v) is 5.89. The van der Waals surface area contributed by atoms with Gasteiger partial charge in [0.2, 0.25) is 5.79 Å². The molecule has 18 heavy (non-hydrogen) atoms. The summed E-state index contributed by atoms with van der Waals surface area (Å²) in [6, 6.07) is 5.95. The van der Waals surface area contributed by atoms with Crippen molar-refractivity contribution in [2.24, 2.45) is 0 Å². The fourth-order valence-electron chi connectivity index (χ4n) is 2.82. The Hall–Kier alpha value is -0.940. The number of aliphatic hydroxyl groups is 1. The predicted molar refractivity (Wildman–Crippen MR) is 64.5 cm³/mol. The van der Waals surface area contributed by atoms with Gasteiger partial charge in [0, 0.05) is 12.0 Å². The molecule has 1 aromatic carbocycles. The van der Waals surface area contributed by atoms with Crippen LogP contribution in [0.2, 0.25) is 0 Å². The van der Waals surface area contributed by atoms with E-state index in [0.29, 0.717) is 6.42 Å². The van der Waals surface area contributed by atoms with E-state index in [-0.39, 0.29) is 0 Å². The molecule has 0 amide bonds. The largest absolute Gasteiger partial charge is 0.358 e. The second kappa shape index (κ2) is 3.33. The molecule has 0 aromatic heterocycles. The molecule has 2 atom stereocenters. The molecule has 1 saturated heterocycles. The Bertz CT molecular complexity index is 511. The lowest BCUT2D eigenvalue weighted by Crippen LogP contribution is -2.59. The molecular weight excluding hydrogens is 232 g/mol. The number of hydrogen-bond donors (Lipinski definition) is 1. The van der Waals surface area contributed by atoms with E-state index in [1.807, 2.05) is 45.9 Å². The van der Waals surface area contributed by atoms with Crippen molar-refractivity contribution in [1.29, 1.82) is 0 Å². The summed E-state index contributed by atoms with van der Waals surface area (Å²) >= 11 is 0. The first kappa shape index (κ1) is 12.1. The van der Waals surface area contributed by atoms with Crippen LogP contribution in [-0.2, 0) is 26.7 Å². The zero-order chi connectivity index (χ0) is 13.2. The van der Waals surface area contributed by atoms with Crippen molar-refractivity contribution < 1.29 is 19.6 Å². The van der Waals surface area contributed by atoms with E-state index in [1.54, 1.807) is 0 Å². The van der Waals surface area contributed by atoms with E-state index in [4.69, 9.17) is 14.5 Å². The third-order valence-electron chi connectivity index (χ3n) is 3.77. The first-order valence-corrected chi connectivity index (χ1v) is 6.15. The maximum absolute atomic E-state index is 10.8. The Labute approximate surface area is 106 Å². The monoisotopic (exact) mass is 250 g/mol. The minimum Gasteiger partial charge on any atom is -0.358 e. The Kier molecular flexibility index (Phi) is 2.24. The molecule has 0 radical (unpaired) electrons. The van der Waals surface area contributed by atoms with Crippen LogP contribution < -0.4 is 0 Å². The van der Waals surface area contributed by atoms with Crippen LogP contribution in [0.5, 0.6) is 0 Å². The molecule has 2 bridgehead atoms. The van der Waals surface area contributed by atoms with E-state index < -0.39 is 17.2 Å². The van der Waals surface area contributed by atoms with E-state index >= 15 is 0 Å². The van der Waals surface area contributed by atoms with E-state index in [1.165, 1.54) is 0 Å². The van der Waals surface area contributed by atoms with Crippen LogP contribution in [0.3, 0.4) is 0 Å². The van der Waals surface area contributed by atoms with Crippen LogP contribution in [0, 0.1) is 6.92 Å². The fourth-order valence-corrected chi connectivity index (χ4v) is 2.82. The van der Waals surface area contributed by atoms with Crippen LogP contribution in [-0.4, -0.2) is 16.5 Å². The molecule has 0 aliphatic carbocycles. The summed E-state index contributed by atoms with van der Waals surface area (Å²) in [5, 5.41) is 10.8. The van der Waals surface area contributed by atoms with Gasteiger partial charge in [-0.1, -0.05) is 23.8 Å². The van der Waals surface area contributed by atoms with Gasteiger partial charge in [-0.3, -0.25) is 0 Å². The number of rotatable bonds is 0. The highest BCUT2D eigenvalue weighted by molar-refractivity contribution is 5.38. The van der Waals surface area contributed by atoms with Crippen molar-refractivity contribution in [2.45, 2.75) is 51.3 Å². The molecule has 4 nitrogen and oxygen atoms in total. The molecule has 98 valence electrons. The van der Waals surface area contributed by atoms with Crippen LogP contribution in [0.25, 0.3) is 0 Å². The lowest BCUT2D eigenvalue weighted by molar-refractivity contribution is -0.580. The number of benzene rings is 1. The first-order chi connectivity index (χ1) is 8.26. The van der Waals surface area contributed by atoms with Crippen LogP contribution in [0.15, 0.2) is 18.2 Å². The van der Waals surface area contributed by atoms with E-state index in [0.717, 1.165) is 16.7 Å². The van der Waals surface area contributed by atoms with Crippen molar-refractivity contribution in [2.75, 3.05) is 0 Å². The molecule has 4 heteroatoms. The van der Waals surface area contributed by atoms with Crippen LogP contribution >= 0.6 is 0 Å². The summed E-state index contributed by atoms with van der Waals surface area (Å²) < 4.78 is 5.91. The van der Waals surface area contributed by atoms with Gasteiger partial charge in [0.15, 0.2) is 0 Å². The highest BCUT2D eigenvalue weighted by atomic mass is 17.3. The molecule has 0 spiro atoms. The summed E-state index contributed by atoms with van der Waals surface area (Å²) in [6.07, 6.45) is 0.550. The van der Waals surface area contributed by atoms with Gasteiger partial charge in [-0.15, -0.1) is 0 Å². The average Bonchev–Trinajstić information content (AvgIpc) is 2.39. The normalized spacial score (nSPS) is 37.2.